The Morgan fingerprint density at radius 2 is 2.04 bits per heavy atom. The molecule has 134 valence electrons. The van der Waals surface area contributed by atoms with E-state index in [2.05, 4.69) is 31.4 Å². The lowest BCUT2D eigenvalue weighted by Gasteiger charge is -2.09. The van der Waals surface area contributed by atoms with Crippen LogP contribution in [0.5, 0.6) is 0 Å². The number of amides is 1. The minimum absolute atomic E-state index is 0.0583. The Bertz CT molecular complexity index is 1010. The lowest BCUT2D eigenvalue weighted by atomic mass is 10.0. The van der Waals surface area contributed by atoms with Gasteiger partial charge in [0, 0.05) is 55.5 Å². The number of anilines is 1. The maximum atomic E-state index is 12.2. The standard InChI is InChI=1S/C20H18N6O/c1-2-3-10-20(24-25-20)11-9-18(27)22-16-7-5-15(6-8-16)17-14-26-13-4-12-21-19(26)23-17/h1,4-8,12-14H,3,9-11H2,(H,22,27). The number of imidazole rings is 1. The summed E-state index contributed by atoms with van der Waals surface area (Å²) in [5.74, 6) is 3.18. The molecule has 27 heavy (non-hydrogen) atoms. The molecule has 3 heterocycles. The lowest BCUT2D eigenvalue weighted by molar-refractivity contribution is -0.116. The van der Waals surface area contributed by atoms with Gasteiger partial charge in [-0.1, -0.05) is 12.1 Å². The molecule has 0 unspecified atom stereocenters. The number of terminal acetylenes is 1. The summed E-state index contributed by atoms with van der Waals surface area (Å²) in [6.45, 7) is 0. The summed E-state index contributed by atoms with van der Waals surface area (Å²) in [5.41, 5.74) is 2.11. The molecule has 0 spiro atoms. The molecule has 1 N–H and O–H groups in total. The molecule has 0 aliphatic carbocycles. The predicted octanol–water partition coefficient (Wildman–Crippen LogP) is 3.69. The average Bonchev–Trinajstić information content (AvgIpc) is 3.33. The molecule has 0 fully saturated rings. The molecule has 3 aromatic rings. The largest absolute Gasteiger partial charge is 0.326 e. The van der Waals surface area contributed by atoms with Gasteiger partial charge in [0.15, 0.2) is 5.66 Å². The fraction of sp³-hybridized carbons (Fsp3) is 0.250. The molecule has 7 heteroatoms. The van der Waals surface area contributed by atoms with Gasteiger partial charge in [-0.25, -0.2) is 9.97 Å². The maximum Gasteiger partial charge on any atom is 0.234 e. The highest BCUT2D eigenvalue weighted by Gasteiger charge is 2.39. The second-order valence-electron chi connectivity index (χ2n) is 6.47. The van der Waals surface area contributed by atoms with Crippen molar-refractivity contribution in [2.75, 3.05) is 5.32 Å². The fourth-order valence-corrected chi connectivity index (χ4v) is 2.90. The number of fused-ring (bicyclic) bond motifs is 1. The van der Waals surface area contributed by atoms with Gasteiger partial charge in [0.05, 0.1) is 5.69 Å². The first kappa shape index (κ1) is 16.9. The van der Waals surface area contributed by atoms with Crippen LogP contribution in [-0.4, -0.2) is 25.9 Å². The summed E-state index contributed by atoms with van der Waals surface area (Å²) in [4.78, 5) is 20.9. The molecular weight excluding hydrogens is 340 g/mol. The van der Waals surface area contributed by atoms with Gasteiger partial charge in [0.25, 0.3) is 0 Å². The molecule has 0 bridgehead atoms. The highest BCUT2D eigenvalue weighted by Crippen LogP contribution is 2.37. The van der Waals surface area contributed by atoms with Crippen LogP contribution in [0.15, 0.2) is 59.2 Å². The molecular formula is C20H18N6O. The van der Waals surface area contributed by atoms with Crippen molar-refractivity contribution in [2.45, 2.75) is 31.3 Å². The van der Waals surface area contributed by atoms with E-state index in [4.69, 9.17) is 6.42 Å². The fourth-order valence-electron chi connectivity index (χ4n) is 2.90. The van der Waals surface area contributed by atoms with E-state index in [-0.39, 0.29) is 5.91 Å². The maximum absolute atomic E-state index is 12.2. The van der Waals surface area contributed by atoms with Gasteiger partial charge in [-0.15, -0.1) is 12.3 Å². The van der Waals surface area contributed by atoms with Crippen LogP contribution in [0, 0.1) is 12.3 Å². The first-order valence-corrected chi connectivity index (χ1v) is 8.75. The van der Waals surface area contributed by atoms with Crippen molar-refractivity contribution in [1.29, 1.82) is 0 Å². The number of aromatic nitrogens is 3. The van der Waals surface area contributed by atoms with Crippen LogP contribution in [0.3, 0.4) is 0 Å². The number of nitrogens with one attached hydrogen (secondary N) is 1. The number of hydrogen-bond acceptors (Lipinski definition) is 5. The molecule has 0 radical (unpaired) electrons. The van der Waals surface area contributed by atoms with Crippen molar-refractivity contribution in [1.82, 2.24) is 14.4 Å². The number of carbonyl (C=O) groups is 1. The molecule has 1 aromatic carbocycles. The summed E-state index contributed by atoms with van der Waals surface area (Å²) in [6, 6.07) is 9.44. The van der Waals surface area contributed by atoms with Gasteiger partial charge >= 0.3 is 0 Å². The van der Waals surface area contributed by atoms with Gasteiger partial charge in [0.2, 0.25) is 11.7 Å². The van der Waals surface area contributed by atoms with E-state index in [0.29, 0.717) is 31.5 Å². The lowest BCUT2D eigenvalue weighted by Crippen LogP contribution is -2.17. The van der Waals surface area contributed by atoms with Crippen LogP contribution in [0.25, 0.3) is 17.0 Å². The highest BCUT2D eigenvalue weighted by molar-refractivity contribution is 5.91. The molecule has 0 saturated carbocycles. The molecule has 1 amide bonds. The van der Waals surface area contributed by atoms with Gasteiger partial charge in [-0.05, 0) is 18.2 Å². The number of hydrogen-bond donors (Lipinski definition) is 1. The normalized spacial score (nSPS) is 14.0. The van der Waals surface area contributed by atoms with E-state index in [9.17, 15) is 4.79 Å². The van der Waals surface area contributed by atoms with Gasteiger partial charge in [0.1, 0.15) is 0 Å². The predicted molar refractivity (Wildman–Crippen MR) is 102 cm³/mol. The second kappa shape index (κ2) is 7.00. The average molecular weight is 358 g/mol. The summed E-state index contributed by atoms with van der Waals surface area (Å²) < 4.78 is 1.87. The Labute approximate surface area is 156 Å². The third-order valence-corrected chi connectivity index (χ3v) is 4.50. The molecule has 0 saturated heterocycles. The quantitative estimate of drug-likeness (QED) is 0.654. The van der Waals surface area contributed by atoms with Crippen molar-refractivity contribution in [2.24, 2.45) is 10.2 Å². The van der Waals surface area contributed by atoms with Gasteiger partial charge in [-0.3, -0.25) is 9.20 Å². The number of carbonyl (C=O) groups excluding carboxylic acids is 1. The Balaban J connectivity index is 1.35. The molecule has 2 aromatic heterocycles. The van der Waals surface area contributed by atoms with Gasteiger partial charge < -0.3 is 5.32 Å². The van der Waals surface area contributed by atoms with Crippen LogP contribution in [0.2, 0.25) is 0 Å². The van der Waals surface area contributed by atoms with E-state index < -0.39 is 5.66 Å². The van der Waals surface area contributed by atoms with Crippen LogP contribution < -0.4 is 5.32 Å². The Kier molecular flexibility index (Phi) is 4.38. The summed E-state index contributed by atoms with van der Waals surface area (Å²) in [5, 5.41) is 11.0. The van der Waals surface area contributed by atoms with Crippen molar-refractivity contribution in [3.8, 4) is 23.6 Å². The van der Waals surface area contributed by atoms with Crippen molar-refractivity contribution >= 4 is 17.4 Å². The van der Waals surface area contributed by atoms with E-state index in [0.717, 1.165) is 16.9 Å². The molecule has 4 rings (SSSR count). The third kappa shape index (κ3) is 3.85. The number of nitrogens with zero attached hydrogens (tertiary/aromatic N) is 5. The van der Waals surface area contributed by atoms with E-state index in [1.807, 2.05) is 47.1 Å². The van der Waals surface area contributed by atoms with Crippen molar-refractivity contribution in [3.05, 3.63) is 48.9 Å². The van der Waals surface area contributed by atoms with Crippen LogP contribution in [0.4, 0.5) is 5.69 Å². The third-order valence-electron chi connectivity index (χ3n) is 4.50. The van der Waals surface area contributed by atoms with Crippen LogP contribution in [-0.2, 0) is 4.79 Å². The minimum atomic E-state index is -0.426. The molecule has 1 aliphatic rings. The van der Waals surface area contributed by atoms with E-state index in [1.54, 1.807) is 6.20 Å². The zero-order chi connectivity index (χ0) is 18.7. The zero-order valence-electron chi connectivity index (χ0n) is 14.7. The van der Waals surface area contributed by atoms with Crippen LogP contribution in [0.1, 0.15) is 25.7 Å². The summed E-state index contributed by atoms with van der Waals surface area (Å²) >= 11 is 0. The number of benzene rings is 1. The van der Waals surface area contributed by atoms with Gasteiger partial charge in [-0.2, -0.15) is 10.2 Å². The van der Waals surface area contributed by atoms with E-state index >= 15 is 0 Å². The molecule has 0 atom stereocenters. The zero-order valence-corrected chi connectivity index (χ0v) is 14.7. The molecule has 7 nitrogen and oxygen atoms in total. The SMILES string of the molecule is C#CCCC1(CCC(=O)Nc2ccc(-c3cn4cccnc4n3)cc2)N=N1. The first-order valence-electron chi connectivity index (χ1n) is 8.75. The number of rotatable bonds is 7. The molecule has 1 aliphatic heterocycles. The second-order valence-corrected chi connectivity index (χ2v) is 6.47. The minimum Gasteiger partial charge on any atom is -0.326 e. The monoisotopic (exact) mass is 358 g/mol. The van der Waals surface area contributed by atoms with Crippen LogP contribution >= 0.6 is 0 Å². The highest BCUT2D eigenvalue weighted by atomic mass is 16.1. The Morgan fingerprint density at radius 3 is 2.74 bits per heavy atom. The summed E-state index contributed by atoms with van der Waals surface area (Å²) in [6.07, 6.45) is 13.1. The Hall–Kier alpha value is -3.53. The Morgan fingerprint density at radius 1 is 1.22 bits per heavy atom. The van der Waals surface area contributed by atoms with Crippen molar-refractivity contribution in [3.63, 3.8) is 0 Å². The van der Waals surface area contributed by atoms with Crippen molar-refractivity contribution < 1.29 is 4.79 Å². The smallest absolute Gasteiger partial charge is 0.234 e. The first-order chi connectivity index (χ1) is 13.2. The topological polar surface area (TPSA) is 84.0 Å². The van der Waals surface area contributed by atoms with E-state index in [1.165, 1.54) is 0 Å². The summed E-state index contributed by atoms with van der Waals surface area (Å²) in [7, 11) is 0.